The molecule has 0 amide bonds. The van der Waals surface area contributed by atoms with Gasteiger partial charge in [0.25, 0.3) is 0 Å². The van der Waals surface area contributed by atoms with Crippen LogP contribution in [0.4, 0.5) is 0 Å². The zero-order valence-corrected chi connectivity index (χ0v) is 16.3. The van der Waals surface area contributed by atoms with E-state index in [-0.39, 0.29) is 18.5 Å². The molecule has 0 unspecified atom stereocenters. The van der Waals surface area contributed by atoms with Crippen LogP contribution in [0.2, 0.25) is 0 Å². The van der Waals surface area contributed by atoms with Crippen LogP contribution in [0.5, 0.6) is 0 Å². The van der Waals surface area contributed by atoms with Crippen LogP contribution in [0.15, 0.2) is 60.7 Å². The van der Waals surface area contributed by atoms with Crippen molar-refractivity contribution in [3.8, 4) is 0 Å². The summed E-state index contributed by atoms with van der Waals surface area (Å²) in [6, 6.07) is 20.3. The summed E-state index contributed by atoms with van der Waals surface area (Å²) < 4.78 is 23.7. The van der Waals surface area contributed by atoms with Crippen LogP contribution in [0.25, 0.3) is 0 Å². The Kier molecular flexibility index (Phi) is 8.11. The predicted octanol–water partition coefficient (Wildman–Crippen LogP) is 4.32. The van der Waals surface area contributed by atoms with E-state index in [0.717, 1.165) is 22.9 Å². The number of hydrogen-bond acceptors (Lipinski definition) is 4. The lowest BCUT2D eigenvalue weighted by atomic mass is 10.2. The molecule has 5 heteroatoms. The van der Waals surface area contributed by atoms with Crippen molar-refractivity contribution in [2.24, 2.45) is 0 Å². The molecule has 1 aliphatic heterocycles. The Morgan fingerprint density at radius 2 is 1.19 bits per heavy atom. The second-order valence-corrected chi connectivity index (χ2v) is 7.05. The molecule has 3 rings (SSSR count). The fourth-order valence-electron chi connectivity index (χ4n) is 2.85. The van der Waals surface area contributed by atoms with Crippen molar-refractivity contribution in [1.82, 2.24) is 0 Å². The average Bonchev–Trinajstić information content (AvgIpc) is 3.05. The van der Waals surface area contributed by atoms with Gasteiger partial charge in [-0.3, -0.25) is 0 Å². The summed E-state index contributed by atoms with van der Waals surface area (Å²) in [5.74, 6) is 0. The number of rotatable bonds is 10. The molecule has 1 heterocycles. The maximum Gasteiger partial charge on any atom is 0.159 e. The van der Waals surface area contributed by atoms with Crippen molar-refractivity contribution in [2.75, 3.05) is 18.5 Å². The first-order chi connectivity index (χ1) is 12.8. The van der Waals surface area contributed by atoms with Gasteiger partial charge in [0.1, 0.15) is 12.2 Å². The van der Waals surface area contributed by atoms with E-state index in [0.29, 0.717) is 26.4 Å². The number of alkyl halides is 1. The fourth-order valence-corrected chi connectivity index (χ4v) is 3.22. The quantitative estimate of drug-likeness (QED) is 0.536. The first-order valence-electron chi connectivity index (χ1n) is 8.95. The molecule has 1 aliphatic rings. The molecule has 1 saturated heterocycles. The normalized spacial score (nSPS) is 20.5. The molecule has 0 N–H and O–H groups in total. The van der Waals surface area contributed by atoms with Gasteiger partial charge < -0.3 is 18.9 Å². The molecule has 1 fully saturated rings. The Bertz CT molecular complexity index is 569. The monoisotopic (exact) mass is 420 g/mol. The van der Waals surface area contributed by atoms with Crippen LogP contribution in [-0.4, -0.2) is 37.0 Å². The minimum Gasteiger partial charge on any atom is -0.374 e. The first kappa shape index (κ1) is 19.5. The minimum atomic E-state index is -0.204. The molecular weight excluding hydrogens is 396 g/mol. The van der Waals surface area contributed by atoms with E-state index in [4.69, 9.17) is 18.9 Å². The van der Waals surface area contributed by atoms with Gasteiger partial charge >= 0.3 is 0 Å². The van der Waals surface area contributed by atoms with Gasteiger partial charge in [0.15, 0.2) is 6.29 Å². The van der Waals surface area contributed by atoms with E-state index in [2.05, 4.69) is 40.2 Å². The van der Waals surface area contributed by atoms with Gasteiger partial charge in [-0.2, -0.15) is 0 Å². The van der Waals surface area contributed by atoms with Crippen LogP contribution in [-0.2, 0) is 32.2 Å². The first-order valence-corrected chi connectivity index (χ1v) is 10.1. The summed E-state index contributed by atoms with van der Waals surface area (Å²) in [5, 5.41) is 0.840. The van der Waals surface area contributed by atoms with Crippen molar-refractivity contribution < 1.29 is 18.9 Å². The third-order valence-corrected chi connectivity index (χ3v) is 4.66. The summed E-state index contributed by atoms with van der Waals surface area (Å²) in [4.78, 5) is 0. The van der Waals surface area contributed by atoms with Crippen LogP contribution in [0, 0.1) is 0 Å². The van der Waals surface area contributed by atoms with Crippen molar-refractivity contribution in [1.29, 1.82) is 0 Å². The molecule has 2 aromatic rings. The van der Waals surface area contributed by atoms with E-state index in [1.165, 1.54) is 0 Å². The molecule has 2 aromatic carbocycles. The number of halogens is 1. The highest BCUT2D eigenvalue weighted by Gasteiger charge is 2.36. The molecule has 140 valence electrons. The van der Waals surface area contributed by atoms with Gasteiger partial charge in [-0.05, 0) is 11.1 Å². The van der Waals surface area contributed by atoms with Gasteiger partial charge in [-0.25, -0.2) is 0 Å². The third kappa shape index (κ3) is 6.18. The van der Waals surface area contributed by atoms with Crippen molar-refractivity contribution in [3.05, 3.63) is 71.8 Å². The summed E-state index contributed by atoms with van der Waals surface area (Å²) in [5.41, 5.74) is 2.31. The highest BCUT2D eigenvalue weighted by atomic mass is 79.9. The zero-order chi connectivity index (χ0) is 18.0. The van der Waals surface area contributed by atoms with Crippen LogP contribution in [0.1, 0.15) is 17.5 Å². The van der Waals surface area contributed by atoms with Gasteiger partial charge in [-0.15, -0.1) is 0 Å². The molecule has 0 spiro atoms. The summed E-state index contributed by atoms with van der Waals surface area (Å²) in [7, 11) is 0. The maximum atomic E-state index is 6.00. The number of hydrogen-bond donors (Lipinski definition) is 0. The standard InChI is InChI=1S/C21H25BrO4/c22-12-11-21-25-19(15-23-13-17-7-3-1-4-8-17)20(26-21)16-24-14-18-9-5-2-6-10-18/h1-10,19-21H,11-16H2/t19-,20-/m0/s1. The Morgan fingerprint density at radius 3 is 1.62 bits per heavy atom. The minimum absolute atomic E-state index is 0.112. The lowest BCUT2D eigenvalue weighted by Gasteiger charge is -2.17. The molecule has 26 heavy (non-hydrogen) atoms. The lowest BCUT2D eigenvalue weighted by molar-refractivity contribution is -0.0809. The fraction of sp³-hybridized carbons (Fsp3) is 0.429. The second kappa shape index (κ2) is 10.8. The summed E-state index contributed by atoms with van der Waals surface area (Å²) in [6.45, 7) is 2.13. The maximum absolute atomic E-state index is 6.00. The second-order valence-electron chi connectivity index (χ2n) is 6.26. The van der Waals surface area contributed by atoms with Crippen LogP contribution < -0.4 is 0 Å². The molecule has 0 aliphatic carbocycles. The van der Waals surface area contributed by atoms with Crippen LogP contribution in [0.3, 0.4) is 0 Å². The SMILES string of the molecule is BrCCC1O[C@@H](COCc2ccccc2)[C@H](COCc2ccccc2)O1. The highest BCUT2D eigenvalue weighted by molar-refractivity contribution is 9.09. The Labute approximate surface area is 163 Å². The predicted molar refractivity (Wildman–Crippen MR) is 104 cm³/mol. The molecule has 0 radical (unpaired) electrons. The van der Waals surface area contributed by atoms with Gasteiger partial charge in [0, 0.05) is 11.8 Å². The molecule has 0 saturated carbocycles. The zero-order valence-electron chi connectivity index (χ0n) is 14.8. The van der Waals surface area contributed by atoms with E-state index < -0.39 is 0 Å². The molecule has 2 atom stereocenters. The van der Waals surface area contributed by atoms with E-state index in [9.17, 15) is 0 Å². The molecule has 4 nitrogen and oxygen atoms in total. The van der Waals surface area contributed by atoms with Gasteiger partial charge in [0.2, 0.25) is 0 Å². The number of benzene rings is 2. The Balaban J connectivity index is 1.46. The Morgan fingerprint density at radius 1 is 0.731 bits per heavy atom. The van der Waals surface area contributed by atoms with Gasteiger partial charge in [-0.1, -0.05) is 76.6 Å². The molecule has 0 aromatic heterocycles. The van der Waals surface area contributed by atoms with E-state index in [1.807, 2.05) is 36.4 Å². The molecule has 0 bridgehead atoms. The topological polar surface area (TPSA) is 36.9 Å². The molecular formula is C21H25BrO4. The smallest absolute Gasteiger partial charge is 0.159 e. The van der Waals surface area contributed by atoms with E-state index in [1.54, 1.807) is 0 Å². The van der Waals surface area contributed by atoms with Gasteiger partial charge in [0.05, 0.1) is 26.4 Å². The summed E-state index contributed by atoms with van der Waals surface area (Å²) in [6.07, 6.45) is 0.381. The van der Waals surface area contributed by atoms with Crippen molar-refractivity contribution >= 4 is 15.9 Å². The lowest BCUT2D eigenvalue weighted by Crippen LogP contribution is -2.31. The van der Waals surface area contributed by atoms with Crippen LogP contribution >= 0.6 is 15.9 Å². The summed E-state index contributed by atoms with van der Waals surface area (Å²) >= 11 is 3.44. The average molecular weight is 421 g/mol. The van der Waals surface area contributed by atoms with Crippen molar-refractivity contribution in [3.63, 3.8) is 0 Å². The van der Waals surface area contributed by atoms with Crippen molar-refractivity contribution in [2.45, 2.75) is 38.1 Å². The largest absolute Gasteiger partial charge is 0.374 e. The van der Waals surface area contributed by atoms with E-state index >= 15 is 0 Å². The third-order valence-electron chi connectivity index (χ3n) is 4.20. The number of ether oxygens (including phenoxy) is 4. The Hall–Kier alpha value is -1.24. The highest BCUT2D eigenvalue weighted by Crippen LogP contribution is 2.23.